The average molecular weight is 502 g/mol. The van der Waals surface area contributed by atoms with Gasteiger partial charge < -0.3 is 19.4 Å². The van der Waals surface area contributed by atoms with Gasteiger partial charge in [-0.25, -0.2) is 0 Å². The molecule has 1 saturated heterocycles. The van der Waals surface area contributed by atoms with E-state index in [1.54, 1.807) is 6.92 Å². The highest BCUT2D eigenvalue weighted by Crippen LogP contribution is 2.42. The molecule has 1 aliphatic rings. The van der Waals surface area contributed by atoms with Crippen LogP contribution in [-0.4, -0.2) is 35.1 Å². The normalized spacial score (nSPS) is 16.4. The highest BCUT2D eigenvalue weighted by Gasteiger charge is 2.24. The van der Waals surface area contributed by atoms with Crippen molar-refractivity contribution in [1.29, 1.82) is 0 Å². The van der Waals surface area contributed by atoms with E-state index in [0.29, 0.717) is 24.4 Å². The molecule has 0 aliphatic carbocycles. The van der Waals surface area contributed by atoms with Gasteiger partial charge in [0.15, 0.2) is 0 Å². The minimum atomic E-state index is -4.07. The number of hydrogen-bond donors (Lipinski definition) is 2. The molecule has 0 saturated carbocycles. The number of nitrogens with zero attached hydrogens (tertiary/aromatic N) is 1. The predicted octanol–water partition coefficient (Wildman–Crippen LogP) is 6.77. The Morgan fingerprint density at radius 1 is 1.11 bits per heavy atom. The number of rotatable bonds is 10. The number of anilines is 1. The predicted molar refractivity (Wildman–Crippen MR) is 146 cm³/mol. The molecule has 1 aliphatic heterocycles. The maximum absolute atomic E-state index is 11.5. The first-order valence-electron chi connectivity index (χ1n) is 13.0. The van der Waals surface area contributed by atoms with Crippen LogP contribution < -0.4 is 9.64 Å². The van der Waals surface area contributed by atoms with E-state index in [4.69, 9.17) is 4.74 Å². The molecule has 0 amide bonds. The van der Waals surface area contributed by atoms with Gasteiger partial charge in [0.1, 0.15) is 5.75 Å². The SMILES string of the molecule is Cc1ccc(CCCC(C)(C)C)c(N2CCC(COc3cccc(CC(C)P(=O)(O)O)c3)CC2)c1. The van der Waals surface area contributed by atoms with Gasteiger partial charge in [0, 0.05) is 18.8 Å². The van der Waals surface area contributed by atoms with E-state index in [1.807, 2.05) is 24.3 Å². The van der Waals surface area contributed by atoms with Crippen LogP contribution in [0.5, 0.6) is 5.75 Å². The highest BCUT2D eigenvalue weighted by molar-refractivity contribution is 7.52. The first kappa shape index (κ1) is 27.8. The van der Waals surface area contributed by atoms with E-state index in [9.17, 15) is 14.4 Å². The second-order valence-electron chi connectivity index (χ2n) is 11.6. The van der Waals surface area contributed by atoms with Crippen LogP contribution >= 0.6 is 7.60 Å². The van der Waals surface area contributed by atoms with Crippen molar-refractivity contribution in [2.24, 2.45) is 11.3 Å². The Morgan fingerprint density at radius 2 is 1.83 bits per heavy atom. The number of benzene rings is 2. The number of ether oxygens (including phenoxy) is 1. The van der Waals surface area contributed by atoms with Gasteiger partial charge >= 0.3 is 7.60 Å². The molecule has 1 heterocycles. The molecule has 2 N–H and O–H groups in total. The molecule has 5 nitrogen and oxygen atoms in total. The summed E-state index contributed by atoms with van der Waals surface area (Å²) in [6, 6.07) is 14.6. The van der Waals surface area contributed by atoms with Gasteiger partial charge in [-0.2, -0.15) is 0 Å². The third-order valence-corrected chi connectivity index (χ3v) is 8.39. The van der Waals surface area contributed by atoms with Crippen LogP contribution in [0.4, 0.5) is 5.69 Å². The van der Waals surface area contributed by atoms with E-state index in [-0.39, 0.29) is 0 Å². The van der Waals surface area contributed by atoms with Gasteiger partial charge in [-0.3, -0.25) is 4.57 Å². The number of aryl methyl sites for hydroxylation is 2. The monoisotopic (exact) mass is 501 g/mol. The Bertz CT molecular complexity index is 1000. The zero-order chi connectivity index (χ0) is 25.6. The molecule has 0 spiro atoms. The lowest BCUT2D eigenvalue weighted by Crippen LogP contribution is -2.36. The Balaban J connectivity index is 1.52. The summed E-state index contributed by atoms with van der Waals surface area (Å²) in [6.45, 7) is 13.5. The zero-order valence-corrected chi connectivity index (χ0v) is 23.1. The topological polar surface area (TPSA) is 70.0 Å². The molecule has 194 valence electrons. The van der Waals surface area contributed by atoms with Gasteiger partial charge in [0.25, 0.3) is 0 Å². The minimum Gasteiger partial charge on any atom is -0.493 e. The summed E-state index contributed by atoms with van der Waals surface area (Å²) in [5.41, 5.74) is 4.77. The first-order chi connectivity index (χ1) is 16.4. The lowest BCUT2D eigenvalue weighted by Gasteiger charge is -2.35. The van der Waals surface area contributed by atoms with E-state index in [2.05, 4.69) is 50.8 Å². The Hall–Kier alpha value is -1.81. The Kier molecular flexibility index (Phi) is 9.48. The Morgan fingerprint density at radius 3 is 2.49 bits per heavy atom. The summed E-state index contributed by atoms with van der Waals surface area (Å²) >= 11 is 0. The van der Waals surface area contributed by atoms with Crippen LogP contribution in [0.15, 0.2) is 42.5 Å². The summed E-state index contributed by atoms with van der Waals surface area (Å²) in [4.78, 5) is 21.3. The molecule has 35 heavy (non-hydrogen) atoms. The first-order valence-corrected chi connectivity index (χ1v) is 14.7. The summed E-state index contributed by atoms with van der Waals surface area (Å²) in [6.07, 6.45) is 6.13. The molecule has 1 atom stereocenters. The van der Waals surface area contributed by atoms with Crippen molar-refractivity contribution in [2.45, 2.75) is 78.8 Å². The molecule has 0 aromatic heterocycles. The molecule has 2 aromatic rings. The lowest BCUT2D eigenvalue weighted by atomic mass is 9.88. The average Bonchev–Trinajstić information content (AvgIpc) is 2.78. The maximum atomic E-state index is 11.5. The third kappa shape index (κ3) is 8.97. The van der Waals surface area contributed by atoms with Crippen molar-refractivity contribution < 1.29 is 19.1 Å². The molecule has 3 rings (SSSR count). The second-order valence-corrected chi connectivity index (χ2v) is 13.6. The summed E-state index contributed by atoms with van der Waals surface area (Å²) in [5, 5.41) is 0. The van der Waals surface area contributed by atoms with Crippen LogP contribution in [-0.2, 0) is 17.4 Å². The molecule has 1 unspecified atom stereocenters. The van der Waals surface area contributed by atoms with Crippen LogP contribution in [0, 0.1) is 18.3 Å². The largest absolute Gasteiger partial charge is 0.493 e. The zero-order valence-electron chi connectivity index (χ0n) is 22.2. The van der Waals surface area contributed by atoms with Gasteiger partial charge in [0.05, 0.1) is 12.3 Å². The molecular weight excluding hydrogens is 457 g/mol. The smallest absolute Gasteiger partial charge is 0.328 e. The van der Waals surface area contributed by atoms with Gasteiger partial charge in [-0.1, -0.05) is 52.0 Å². The summed E-state index contributed by atoms with van der Waals surface area (Å²) in [5.74, 6) is 1.29. The van der Waals surface area contributed by atoms with Crippen molar-refractivity contribution in [3.05, 3.63) is 59.2 Å². The van der Waals surface area contributed by atoms with Gasteiger partial charge in [-0.15, -0.1) is 0 Å². The molecule has 0 radical (unpaired) electrons. The maximum Gasteiger partial charge on any atom is 0.328 e. The standard InChI is InChI=1S/C29H44NO4P/c1-22-11-12-26(9-7-15-29(3,4)5)28(18-22)30-16-13-24(14-17-30)21-34-27-10-6-8-25(20-27)19-23(2)35(31,32)33/h6,8,10-12,18,20,23-24H,7,9,13-17,19,21H2,1-5H3,(H2,31,32,33). The van der Waals surface area contributed by atoms with Crippen molar-refractivity contribution >= 4 is 13.3 Å². The van der Waals surface area contributed by atoms with E-state index < -0.39 is 13.3 Å². The minimum absolute atomic E-state index is 0.342. The van der Waals surface area contributed by atoms with Crippen molar-refractivity contribution in [2.75, 3.05) is 24.6 Å². The van der Waals surface area contributed by atoms with Crippen LogP contribution in [0.1, 0.15) is 70.1 Å². The number of piperidine rings is 1. The van der Waals surface area contributed by atoms with E-state index >= 15 is 0 Å². The Labute approximate surface area is 212 Å². The molecule has 0 bridgehead atoms. The van der Waals surface area contributed by atoms with Crippen molar-refractivity contribution in [3.63, 3.8) is 0 Å². The molecule has 1 fully saturated rings. The molecular formula is C29H44NO4P. The second kappa shape index (κ2) is 12.0. The summed E-state index contributed by atoms with van der Waals surface area (Å²) < 4.78 is 17.6. The van der Waals surface area contributed by atoms with Crippen LogP contribution in [0.25, 0.3) is 0 Å². The lowest BCUT2D eigenvalue weighted by molar-refractivity contribution is 0.222. The van der Waals surface area contributed by atoms with E-state index in [1.165, 1.54) is 29.7 Å². The fourth-order valence-corrected chi connectivity index (χ4v) is 5.21. The fourth-order valence-electron chi connectivity index (χ4n) is 4.77. The fraction of sp³-hybridized carbons (Fsp3) is 0.586. The van der Waals surface area contributed by atoms with Crippen LogP contribution in [0.2, 0.25) is 0 Å². The van der Waals surface area contributed by atoms with Crippen molar-refractivity contribution in [1.82, 2.24) is 0 Å². The third-order valence-electron chi connectivity index (χ3n) is 7.06. The quantitative estimate of drug-likeness (QED) is 0.352. The number of hydrogen-bond acceptors (Lipinski definition) is 3. The van der Waals surface area contributed by atoms with Crippen LogP contribution in [0.3, 0.4) is 0 Å². The van der Waals surface area contributed by atoms with E-state index in [0.717, 1.165) is 43.7 Å². The molecule has 6 heteroatoms. The highest BCUT2D eigenvalue weighted by atomic mass is 31.2. The summed E-state index contributed by atoms with van der Waals surface area (Å²) in [7, 11) is -4.07. The van der Waals surface area contributed by atoms with Gasteiger partial charge in [0.2, 0.25) is 0 Å². The van der Waals surface area contributed by atoms with Gasteiger partial charge in [-0.05, 0) is 91.7 Å². The van der Waals surface area contributed by atoms with Crippen molar-refractivity contribution in [3.8, 4) is 5.75 Å². The molecule has 2 aromatic carbocycles.